The van der Waals surface area contributed by atoms with Crippen molar-refractivity contribution in [3.63, 3.8) is 0 Å². The van der Waals surface area contributed by atoms with Gasteiger partial charge in [0.05, 0.1) is 43.7 Å². The van der Waals surface area contributed by atoms with Crippen molar-refractivity contribution in [2.75, 3.05) is 20.2 Å². The highest BCUT2D eigenvalue weighted by molar-refractivity contribution is 5.85. The third-order valence-electron chi connectivity index (χ3n) is 9.44. The van der Waals surface area contributed by atoms with Gasteiger partial charge in [0.2, 0.25) is 11.8 Å². The highest BCUT2D eigenvalue weighted by Gasteiger charge is 2.38. The van der Waals surface area contributed by atoms with Crippen LogP contribution in [-0.2, 0) is 33.5 Å². The summed E-state index contributed by atoms with van der Waals surface area (Å²) in [7, 11) is 1.17. The molecule has 0 aliphatic carbocycles. The van der Waals surface area contributed by atoms with Crippen LogP contribution in [-0.4, -0.2) is 73.9 Å². The zero-order chi connectivity index (χ0) is 38.4. The molecule has 3 amide bonds. The van der Waals surface area contributed by atoms with Crippen molar-refractivity contribution in [2.45, 2.75) is 64.3 Å². The van der Waals surface area contributed by atoms with E-state index in [9.17, 15) is 27.6 Å². The van der Waals surface area contributed by atoms with E-state index in [0.717, 1.165) is 46.6 Å². The molecular weight excluding hydrogens is 699 g/mol. The second kappa shape index (κ2) is 16.4. The normalized spacial score (nSPS) is 14.9. The Hall–Kier alpha value is -5.92. The number of benzene rings is 3. The number of likely N-dealkylation sites (tertiary alicyclic amines) is 1. The van der Waals surface area contributed by atoms with Crippen LogP contribution in [0, 0.1) is 0 Å². The van der Waals surface area contributed by atoms with E-state index in [-0.39, 0.29) is 42.1 Å². The number of hydrogen-bond acceptors (Lipinski definition) is 6. The number of nitrogens with zero attached hydrogens (tertiary/aromatic N) is 4. The number of aromatic nitrogens is 4. The number of alkyl carbamates (subject to hydrolysis) is 1. The first-order chi connectivity index (χ1) is 25.9. The molecule has 3 heterocycles. The molecule has 14 heteroatoms. The molecule has 1 aliphatic heterocycles. The minimum atomic E-state index is -4.75. The number of aromatic amines is 2. The van der Waals surface area contributed by atoms with Crippen molar-refractivity contribution >= 4 is 17.9 Å². The second-order valence-electron chi connectivity index (χ2n) is 13.3. The predicted octanol–water partition coefficient (Wildman–Crippen LogP) is 7.54. The van der Waals surface area contributed by atoms with Gasteiger partial charge in [0.1, 0.15) is 17.7 Å². The lowest BCUT2D eigenvalue weighted by atomic mass is 10.0. The van der Waals surface area contributed by atoms with E-state index < -0.39 is 29.9 Å². The molecule has 11 nitrogen and oxygen atoms in total. The monoisotopic (exact) mass is 741 g/mol. The van der Waals surface area contributed by atoms with E-state index in [2.05, 4.69) is 30.0 Å². The van der Waals surface area contributed by atoms with Gasteiger partial charge in [0.25, 0.3) is 0 Å². The Labute approximate surface area is 311 Å². The molecule has 1 fully saturated rings. The quantitative estimate of drug-likeness (QED) is 0.121. The number of halogens is 3. The second-order valence-corrected chi connectivity index (χ2v) is 13.3. The van der Waals surface area contributed by atoms with E-state index in [1.165, 1.54) is 18.9 Å². The predicted molar refractivity (Wildman–Crippen MR) is 197 cm³/mol. The fourth-order valence-corrected chi connectivity index (χ4v) is 6.75. The number of hydrogen-bond donors (Lipinski definition) is 3. The maximum Gasteiger partial charge on any atom is 0.435 e. The van der Waals surface area contributed by atoms with Crippen LogP contribution in [0.15, 0.2) is 85.1 Å². The Balaban J connectivity index is 1.15. The number of rotatable bonds is 12. The Morgan fingerprint density at radius 3 is 2.24 bits per heavy atom. The zero-order valence-electron chi connectivity index (χ0n) is 30.2. The van der Waals surface area contributed by atoms with Crippen LogP contribution in [0.25, 0.3) is 33.6 Å². The third kappa shape index (κ3) is 8.64. The smallest absolute Gasteiger partial charge is 0.435 e. The molecule has 3 aromatic carbocycles. The molecule has 1 saturated heterocycles. The summed E-state index contributed by atoms with van der Waals surface area (Å²) in [6.45, 7) is 4.03. The molecule has 6 rings (SSSR count). The molecule has 0 unspecified atom stereocenters. The van der Waals surface area contributed by atoms with Gasteiger partial charge in [-0.15, -0.1) is 0 Å². The molecule has 5 aromatic rings. The van der Waals surface area contributed by atoms with Gasteiger partial charge >= 0.3 is 12.3 Å². The number of carbonyl (C=O) groups excluding carboxylic acids is 3. The number of alkyl halides is 3. The summed E-state index contributed by atoms with van der Waals surface area (Å²) in [6.07, 6.45) is -1.15. The zero-order valence-corrected chi connectivity index (χ0v) is 30.2. The fourth-order valence-electron chi connectivity index (χ4n) is 6.75. The number of ether oxygens (including phenoxy) is 1. The van der Waals surface area contributed by atoms with Crippen molar-refractivity contribution in [3.8, 4) is 33.6 Å². The molecule has 0 spiro atoms. The third-order valence-corrected chi connectivity index (χ3v) is 9.44. The molecule has 54 heavy (non-hydrogen) atoms. The van der Waals surface area contributed by atoms with Crippen molar-refractivity contribution in [2.24, 2.45) is 0 Å². The molecule has 1 aliphatic rings. The van der Waals surface area contributed by atoms with E-state index in [0.29, 0.717) is 19.4 Å². The maximum absolute atomic E-state index is 14.2. The van der Waals surface area contributed by atoms with Gasteiger partial charge in [-0.1, -0.05) is 85.8 Å². The van der Waals surface area contributed by atoms with Gasteiger partial charge in [-0.2, -0.15) is 13.2 Å². The molecule has 0 radical (unpaired) electrons. The van der Waals surface area contributed by atoms with Gasteiger partial charge in [-0.3, -0.25) is 9.59 Å². The SMILES string of the molecule is CCCN(Cc1nc(C(F)(F)F)c(-c2ccc(-c3ccc(-c4cnc([C@@H]5CCCN5C(=O)Cc5ccccc5)[nH]4)cc3)cc2)[nH]1)C(=O)[C@H](C)NC(=O)OC. The van der Waals surface area contributed by atoms with Crippen LogP contribution in [0.5, 0.6) is 0 Å². The number of nitrogens with one attached hydrogen (secondary N) is 3. The molecule has 3 N–H and O–H groups in total. The van der Waals surface area contributed by atoms with Gasteiger partial charge in [0.15, 0.2) is 5.69 Å². The van der Waals surface area contributed by atoms with Crippen LogP contribution in [0.2, 0.25) is 0 Å². The summed E-state index contributed by atoms with van der Waals surface area (Å²) in [5.74, 6) is 0.304. The van der Waals surface area contributed by atoms with Gasteiger partial charge < -0.3 is 29.8 Å². The first-order valence-corrected chi connectivity index (χ1v) is 17.8. The lowest BCUT2D eigenvalue weighted by Gasteiger charge is -2.24. The largest absolute Gasteiger partial charge is 0.453 e. The van der Waals surface area contributed by atoms with Crippen molar-refractivity contribution < 1.29 is 32.3 Å². The topological polar surface area (TPSA) is 136 Å². The fraction of sp³-hybridized carbons (Fsp3) is 0.325. The first kappa shape index (κ1) is 37.8. The maximum atomic E-state index is 14.2. The molecular formula is C40H42F3N7O4. The van der Waals surface area contributed by atoms with Crippen LogP contribution in [0.3, 0.4) is 0 Å². The highest BCUT2D eigenvalue weighted by Crippen LogP contribution is 2.37. The van der Waals surface area contributed by atoms with Gasteiger partial charge in [0, 0.05) is 18.7 Å². The number of carbonyl (C=O) groups is 3. The Morgan fingerprint density at radius 2 is 1.61 bits per heavy atom. The lowest BCUT2D eigenvalue weighted by molar-refractivity contribution is -0.140. The molecule has 0 saturated carbocycles. The molecule has 282 valence electrons. The average Bonchev–Trinajstić information content (AvgIpc) is 3.95. The minimum absolute atomic E-state index is 0.0366. The van der Waals surface area contributed by atoms with Crippen molar-refractivity contribution in [1.82, 2.24) is 35.1 Å². The number of methoxy groups -OCH3 is 1. The summed E-state index contributed by atoms with van der Waals surface area (Å²) < 4.78 is 47.2. The van der Waals surface area contributed by atoms with Crippen LogP contribution in [0.4, 0.5) is 18.0 Å². The number of amides is 3. The minimum Gasteiger partial charge on any atom is -0.453 e. The Bertz CT molecular complexity index is 2060. The summed E-state index contributed by atoms with van der Waals surface area (Å²) >= 11 is 0. The Morgan fingerprint density at radius 1 is 0.963 bits per heavy atom. The standard InChI is InChI=1S/C40H42F3N7O4/c1-4-20-49(38(52)25(2)45-39(53)54-3)24-33-47-35(36(48-33)40(41,42)43)30-18-14-28(15-19-30)27-12-16-29(17-13-27)31-23-44-37(46-31)32-11-8-21-50(32)34(51)22-26-9-6-5-7-10-26/h5-7,9-10,12-19,23,25,32H,4,8,11,20-22,24H2,1-3H3,(H,44,46)(H,45,53)(H,47,48)/t25-,32-/m0/s1. The van der Waals surface area contributed by atoms with Gasteiger partial charge in [-0.25, -0.2) is 14.8 Å². The highest BCUT2D eigenvalue weighted by atomic mass is 19.4. The summed E-state index contributed by atoms with van der Waals surface area (Å²) in [4.78, 5) is 55.8. The lowest BCUT2D eigenvalue weighted by Crippen LogP contribution is -2.47. The summed E-state index contributed by atoms with van der Waals surface area (Å²) in [5, 5.41) is 2.39. The van der Waals surface area contributed by atoms with Crippen molar-refractivity contribution in [3.05, 3.63) is 108 Å². The van der Waals surface area contributed by atoms with Gasteiger partial charge in [-0.05, 0) is 48.4 Å². The molecule has 0 bridgehead atoms. The number of imidazole rings is 2. The van der Waals surface area contributed by atoms with Crippen LogP contribution in [0.1, 0.15) is 62.1 Å². The Kier molecular flexibility index (Phi) is 11.5. The summed E-state index contributed by atoms with van der Waals surface area (Å²) in [5.41, 5.74) is 3.35. The van der Waals surface area contributed by atoms with E-state index in [1.807, 2.05) is 66.4 Å². The van der Waals surface area contributed by atoms with E-state index >= 15 is 0 Å². The molecule has 2 atom stereocenters. The average molecular weight is 742 g/mol. The number of H-pyrrole nitrogens is 2. The molecule has 2 aromatic heterocycles. The van der Waals surface area contributed by atoms with Crippen LogP contribution >= 0.6 is 0 Å². The van der Waals surface area contributed by atoms with Crippen LogP contribution < -0.4 is 5.32 Å². The van der Waals surface area contributed by atoms with Crippen molar-refractivity contribution in [1.29, 1.82) is 0 Å². The summed E-state index contributed by atoms with van der Waals surface area (Å²) in [6, 6.07) is 23.1. The van der Waals surface area contributed by atoms with E-state index in [4.69, 9.17) is 0 Å². The van der Waals surface area contributed by atoms with E-state index in [1.54, 1.807) is 30.5 Å². The first-order valence-electron chi connectivity index (χ1n) is 17.8.